The van der Waals surface area contributed by atoms with E-state index in [0.29, 0.717) is 13.2 Å². The third kappa shape index (κ3) is 4.86. The molecule has 0 unspecified atom stereocenters. The first-order valence-electron chi connectivity index (χ1n) is 8.10. The first-order chi connectivity index (χ1) is 12.4. The normalized spacial score (nSPS) is 14.8. The Kier molecular flexibility index (Phi) is 5.63. The number of anilines is 3. The van der Waals surface area contributed by atoms with Crippen molar-refractivity contribution in [3.8, 4) is 0 Å². The summed E-state index contributed by atoms with van der Waals surface area (Å²) >= 11 is 5.18. The summed E-state index contributed by atoms with van der Waals surface area (Å²) in [5.41, 5.74) is 1.41. The van der Waals surface area contributed by atoms with Crippen LogP contribution in [0.4, 0.5) is 30.2 Å². The minimum Gasteiger partial charge on any atom is -0.378 e. The minimum absolute atomic E-state index is 0.225. The molecule has 2 aromatic rings. The van der Waals surface area contributed by atoms with Crippen molar-refractivity contribution in [3.05, 3.63) is 54.1 Å². The molecule has 0 aromatic heterocycles. The fourth-order valence-electron chi connectivity index (χ4n) is 2.64. The molecule has 1 aliphatic rings. The maximum Gasteiger partial charge on any atom is 0.416 e. The molecule has 2 aromatic carbocycles. The second-order valence-electron chi connectivity index (χ2n) is 5.80. The predicted molar refractivity (Wildman–Crippen MR) is 101 cm³/mol. The molecule has 1 saturated heterocycles. The van der Waals surface area contributed by atoms with Crippen LogP contribution in [-0.4, -0.2) is 31.4 Å². The number of rotatable bonds is 3. The molecular formula is C18H18F3N3OS. The van der Waals surface area contributed by atoms with Crippen LogP contribution in [0.3, 0.4) is 0 Å². The summed E-state index contributed by atoms with van der Waals surface area (Å²) in [7, 11) is 0. The highest BCUT2D eigenvalue weighted by Gasteiger charge is 2.30. The number of hydrogen-bond acceptors (Lipinski definition) is 3. The molecule has 0 radical (unpaired) electrons. The molecule has 0 saturated carbocycles. The largest absolute Gasteiger partial charge is 0.416 e. The quantitative estimate of drug-likeness (QED) is 0.773. The van der Waals surface area contributed by atoms with Crippen molar-refractivity contribution < 1.29 is 17.9 Å². The van der Waals surface area contributed by atoms with Crippen LogP contribution in [0.5, 0.6) is 0 Å². The van der Waals surface area contributed by atoms with E-state index in [-0.39, 0.29) is 10.8 Å². The molecule has 0 atom stereocenters. The average molecular weight is 381 g/mol. The van der Waals surface area contributed by atoms with Gasteiger partial charge in [0.2, 0.25) is 0 Å². The fraction of sp³-hybridized carbons (Fsp3) is 0.278. The van der Waals surface area contributed by atoms with Gasteiger partial charge in [-0.1, -0.05) is 6.07 Å². The molecule has 4 nitrogen and oxygen atoms in total. The minimum atomic E-state index is -4.39. The Balaban J connectivity index is 1.59. The van der Waals surface area contributed by atoms with Gasteiger partial charge in [-0.15, -0.1) is 0 Å². The van der Waals surface area contributed by atoms with Crippen molar-refractivity contribution in [1.82, 2.24) is 0 Å². The van der Waals surface area contributed by atoms with Gasteiger partial charge in [0.05, 0.1) is 18.8 Å². The SMILES string of the molecule is FC(F)(F)c1cccc(NC(=S)Nc2ccc(N3CCOCC3)cc2)c1. The number of benzene rings is 2. The van der Waals surface area contributed by atoms with Crippen molar-refractivity contribution in [2.75, 3.05) is 41.8 Å². The van der Waals surface area contributed by atoms with Crippen molar-refractivity contribution in [2.45, 2.75) is 6.18 Å². The Hall–Kier alpha value is -2.32. The standard InChI is InChI=1S/C18H18F3N3OS/c19-18(20,21)13-2-1-3-15(12-13)23-17(26)22-14-4-6-16(7-5-14)24-8-10-25-11-9-24/h1-7,12H,8-11H2,(H2,22,23,26). The van der Waals surface area contributed by atoms with Crippen LogP contribution in [0.1, 0.15) is 5.56 Å². The molecule has 3 rings (SSSR count). The highest BCUT2D eigenvalue weighted by Crippen LogP contribution is 2.30. The van der Waals surface area contributed by atoms with Gasteiger partial charge >= 0.3 is 6.18 Å². The van der Waals surface area contributed by atoms with E-state index in [0.717, 1.165) is 36.6 Å². The number of nitrogens with zero attached hydrogens (tertiary/aromatic N) is 1. The lowest BCUT2D eigenvalue weighted by Gasteiger charge is -2.29. The lowest BCUT2D eigenvalue weighted by Crippen LogP contribution is -2.36. The molecule has 1 aliphatic heterocycles. The molecule has 2 N–H and O–H groups in total. The Morgan fingerprint density at radius 1 is 0.962 bits per heavy atom. The van der Waals surface area contributed by atoms with Crippen LogP contribution in [0.25, 0.3) is 0 Å². The Labute approximate surface area is 155 Å². The molecule has 0 aliphatic carbocycles. The maximum absolute atomic E-state index is 12.8. The van der Waals surface area contributed by atoms with E-state index < -0.39 is 11.7 Å². The van der Waals surface area contributed by atoms with Crippen molar-refractivity contribution in [2.24, 2.45) is 0 Å². The summed E-state index contributed by atoms with van der Waals surface area (Å²) in [5.74, 6) is 0. The third-order valence-electron chi connectivity index (χ3n) is 3.95. The topological polar surface area (TPSA) is 36.5 Å². The fourth-order valence-corrected chi connectivity index (χ4v) is 2.88. The van der Waals surface area contributed by atoms with Gasteiger partial charge in [0.15, 0.2) is 5.11 Å². The summed E-state index contributed by atoms with van der Waals surface area (Å²) in [6.45, 7) is 3.13. The summed E-state index contributed by atoms with van der Waals surface area (Å²) in [5, 5.41) is 5.97. The smallest absolute Gasteiger partial charge is 0.378 e. The van der Waals surface area contributed by atoms with Gasteiger partial charge in [0.1, 0.15) is 0 Å². The lowest BCUT2D eigenvalue weighted by atomic mass is 10.2. The van der Waals surface area contributed by atoms with E-state index >= 15 is 0 Å². The van der Waals surface area contributed by atoms with E-state index in [9.17, 15) is 13.2 Å². The first kappa shape index (κ1) is 18.5. The number of morpholine rings is 1. The van der Waals surface area contributed by atoms with Crippen LogP contribution >= 0.6 is 12.2 Å². The molecular weight excluding hydrogens is 363 g/mol. The van der Waals surface area contributed by atoms with Crippen molar-refractivity contribution in [1.29, 1.82) is 0 Å². The molecule has 0 bridgehead atoms. The number of alkyl halides is 3. The predicted octanol–water partition coefficient (Wildman–Crippen LogP) is 4.35. The van der Waals surface area contributed by atoms with E-state index in [1.54, 1.807) is 0 Å². The van der Waals surface area contributed by atoms with Gasteiger partial charge in [0.25, 0.3) is 0 Å². The average Bonchev–Trinajstić information content (AvgIpc) is 2.62. The summed E-state index contributed by atoms with van der Waals surface area (Å²) in [6, 6.07) is 12.6. The third-order valence-corrected chi connectivity index (χ3v) is 4.15. The number of nitrogens with one attached hydrogen (secondary N) is 2. The summed E-state index contributed by atoms with van der Waals surface area (Å²) in [6.07, 6.45) is -4.39. The number of thiocarbonyl (C=S) groups is 1. The van der Waals surface area contributed by atoms with Crippen LogP contribution in [0, 0.1) is 0 Å². The van der Waals surface area contributed by atoms with E-state index in [2.05, 4.69) is 15.5 Å². The van der Waals surface area contributed by atoms with E-state index in [1.807, 2.05) is 24.3 Å². The Morgan fingerprint density at radius 2 is 1.62 bits per heavy atom. The first-order valence-corrected chi connectivity index (χ1v) is 8.51. The van der Waals surface area contributed by atoms with Crippen LogP contribution in [0.2, 0.25) is 0 Å². The molecule has 8 heteroatoms. The van der Waals surface area contributed by atoms with E-state index in [4.69, 9.17) is 17.0 Å². The number of ether oxygens (including phenoxy) is 1. The molecule has 1 heterocycles. The van der Waals surface area contributed by atoms with Crippen LogP contribution in [0.15, 0.2) is 48.5 Å². The van der Waals surface area contributed by atoms with E-state index in [1.165, 1.54) is 12.1 Å². The van der Waals surface area contributed by atoms with Crippen molar-refractivity contribution >= 4 is 34.4 Å². The Bertz CT molecular complexity index is 759. The zero-order chi connectivity index (χ0) is 18.6. The number of halogens is 3. The van der Waals surface area contributed by atoms with Crippen molar-refractivity contribution in [3.63, 3.8) is 0 Å². The molecule has 138 valence electrons. The van der Waals surface area contributed by atoms with Gasteiger partial charge in [-0.25, -0.2) is 0 Å². The second-order valence-corrected chi connectivity index (χ2v) is 6.21. The van der Waals surface area contributed by atoms with Gasteiger partial charge in [-0.3, -0.25) is 0 Å². The number of hydrogen-bond donors (Lipinski definition) is 2. The highest BCUT2D eigenvalue weighted by molar-refractivity contribution is 7.80. The van der Waals surface area contributed by atoms with Gasteiger partial charge in [0, 0.05) is 30.2 Å². The summed E-state index contributed by atoms with van der Waals surface area (Å²) < 4.78 is 43.6. The Morgan fingerprint density at radius 3 is 2.27 bits per heavy atom. The van der Waals surface area contributed by atoms with Gasteiger partial charge in [-0.2, -0.15) is 13.2 Å². The highest BCUT2D eigenvalue weighted by atomic mass is 32.1. The molecule has 1 fully saturated rings. The monoisotopic (exact) mass is 381 g/mol. The lowest BCUT2D eigenvalue weighted by molar-refractivity contribution is -0.137. The zero-order valence-corrected chi connectivity index (χ0v) is 14.7. The molecule has 0 spiro atoms. The second kappa shape index (κ2) is 7.92. The van der Waals surface area contributed by atoms with Gasteiger partial charge < -0.3 is 20.3 Å². The maximum atomic E-state index is 12.8. The zero-order valence-electron chi connectivity index (χ0n) is 13.8. The molecule has 0 amide bonds. The molecule has 26 heavy (non-hydrogen) atoms. The van der Waals surface area contributed by atoms with Crippen LogP contribution in [-0.2, 0) is 10.9 Å². The van der Waals surface area contributed by atoms with Crippen LogP contribution < -0.4 is 15.5 Å². The van der Waals surface area contributed by atoms with Gasteiger partial charge in [-0.05, 0) is 54.7 Å². The summed E-state index contributed by atoms with van der Waals surface area (Å²) in [4.78, 5) is 2.23.